The van der Waals surface area contributed by atoms with Gasteiger partial charge in [0, 0.05) is 13.0 Å². The van der Waals surface area contributed by atoms with Crippen molar-refractivity contribution in [2.45, 2.75) is 18.9 Å². The average molecular weight is 237 g/mol. The van der Waals surface area contributed by atoms with E-state index < -0.39 is 18.0 Å². The Morgan fingerprint density at radius 3 is 2.47 bits per heavy atom. The minimum atomic E-state index is -1.21. The van der Waals surface area contributed by atoms with Crippen LogP contribution in [0.4, 0.5) is 0 Å². The standard InChI is InChI=1S/C12H15NO4/c14-10(15)7-4-8-13-12(17)11(16)9-5-2-1-3-6-9/h1-3,5-6,11,16H,4,7-8H2,(H,13,17)(H,14,15)/t11-/m1/s1. The number of carboxylic acids is 1. The maximum atomic E-state index is 11.5. The van der Waals surface area contributed by atoms with Crippen molar-refractivity contribution in [3.05, 3.63) is 35.9 Å². The Labute approximate surface area is 99.1 Å². The molecule has 0 radical (unpaired) electrons. The van der Waals surface area contributed by atoms with Crippen molar-refractivity contribution in [1.82, 2.24) is 5.32 Å². The topological polar surface area (TPSA) is 86.6 Å². The Morgan fingerprint density at radius 2 is 1.88 bits per heavy atom. The summed E-state index contributed by atoms with van der Waals surface area (Å²) < 4.78 is 0. The van der Waals surface area contributed by atoms with Gasteiger partial charge in [-0.2, -0.15) is 0 Å². The largest absolute Gasteiger partial charge is 0.481 e. The van der Waals surface area contributed by atoms with E-state index in [0.29, 0.717) is 12.0 Å². The predicted octanol–water partition coefficient (Wildman–Crippen LogP) is 0.701. The van der Waals surface area contributed by atoms with Gasteiger partial charge in [-0.25, -0.2) is 0 Å². The van der Waals surface area contributed by atoms with Crippen molar-refractivity contribution in [2.24, 2.45) is 0 Å². The molecular formula is C12H15NO4. The number of aliphatic hydroxyl groups excluding tert-OH is 1. The van der Waals surface area contributed by atoms with E-state index in [1.54, 1.807) is 30.3 Å². The monoisotopic (exact) mass is 237 g/mol. The minimum absolute atomic E-state index is 0.00170. The fourth-order valence-electron chi connectivity index (χ4n) is 1.33. The van der Waals surface area contributed by atoms with Crippen molar-refractivity contribution in [3.63, 3.8) is 0 Å². The number of nitrogens with one attached hydrogen (secondary N) is 1. The molecule has 3 N–H and O–H groups in total. The highest BCUT2D eigenvalue weighted by atomic mass is 16.4. The van der Waals surface area contributed by atoms with Gasteiger partial charge < -0.3 is 15.5 Å². The molecule has 0 bridgehead atoms. The van der Waals surface area contributed by atoms with E-state index in [1.165, 1.54) is 0 Å². The molecule has 1 rings (SSSR count). The molecule has 5 heteroatoms. The smallest absolute Gasteiger partial charge is 0.303 e. The molecule has 1 aromatic rings. The highest BCUT2D eigenvalue weighted by Gasteiger charge is 2.15. The van der Waals surface area contributed by atoms with Gasteiger partial charge in [0.05, 0.1) is 0 Å². The number of amides is 1. The number of carbonyl (C=O) groups excluding carboxylic acids is 1. The predicted molar refractivity (Wildman–Crippen MR) is 61.3 cm³/mol. The molecule has 92 valence electrons. The molecule has 0 saturated heterocycles. The first-order chi connectivity index (χ1) is 8.11. The highest BCUT2D eigenvalue weighted by molar-refractivity contribution is 5.81. The van der Waals surface area contributed by atoms with E-state index in [-0.39, 0.29) is 13.0 Å². The second-order valence-corrected chi connectivity index (χ2v) is 3.60. The summed E-state index contributed by atoms with van der Waals surface area (Å²) in [6.07, 6.45) is -0.856. The molecule has 0 aromatic heterocycles. The fraction of sp³-hybridized carbons (Fsp3) is 0.333. The fourth-order valence-corrected chi connectivity index (χ4v) is 1.33. The number of carbonyl (C=O) groups is 2. The van der Waals surface area contributed by atoms with Gasteiger partial charge in [-0.1, -0.05) is 30.3 Å². The maximum absolute atomic E-state index is 11.5. The molecule has 0 heterocycles. The Hall–Kier alpha value is -1.88. The van der Waals surface area contributed by atoms with Gasteiger partial charge in [-0.3, -0.25) is 9.59 Å². The van der Waals surface area contributed by atoms with Crippen LogP contribution in [0.5, 0.6) is 0 Å². The van der Waals surface area contributed by atoms with E-state index >= 15 is 0 Å². The first-order valence-corrected chi connectivity index (χ1v) is 5.34. The molecule has 0 aliphatic carbocycles. The summed E-state index contributed by atoms with van der Waals surface area (Å²) in [7, 11) is 0. The summed E-state index contributed by atoms with van der Waals surface area (Å²) in [5, 5.41) is 20.6. The molecule has 1 aromatic carbocycles. The molecular weight excluding hydrogens is 222 g/mol. The second kappa shape index (κ2) is 6.65. The second-order valence-electron chi connectivity index (χ2n) is 3.60. The number of benzene rings is 1. The number of rotatable bonds is 6. The molecule has 0 aliphatic heterocycles. The van der Waals surface area contributed by atoms with Crippen LogP contribution in [0.2, 0.25) is 0 Å². The van der Waals surface area contributed by atoms with Gasteiger partial charge in [0.2, 0.25) is 0 Å². The normalized spacial score (nSPS) is 11.8. The molecule has 0 fully saturated rings. The lowest BCUT2D eigenvalue weighted by Gasteiger charge is -2.11. The summed E-state index contributed by atoms with van der Waals surface area (Å²) >= 11 is 0. The SMILES string of the molecule is O=C(O)CCCNC(=O)[C@H](O)c1ccccc1. The summed E-state index contributed by atoms with van der Waals surface area (Å²) in [4.78, 5) is 21.7. The Kier molecular flexibility index (Phi) is 5.16. The Bertz CT molecular complexity index is 377. The van der Waals surface area contributed by atoms with Crippen LogP contribution in [0.3, 0.4) is 0 Å². The number of aliphatic hydroxyl groups is 1. The van der Waals surface area contributed by atoms with E-state index in [1.807, 2.05) is 0 Å². The highest BCUT2D eigenvalue weighted by Crippen LogP contribution is 2.11. The lowest BCUT2D eigenvalue weighted by Crippen LogP contribution is -2.30. The van der Waals surface area contributed by atoms with Gasteiger partial charge in [0.1, 0.15) is 0 Å². The van der Waals surface area contributed by atoms with E-state index in [2.05, 4.69) is 5.32 Å². The van der Waals surface area contributed by atoms with Crippen LogP contribution in [0.1, 0.15) is 24.5 Å². The summed E-state index contributed by atoms with van der Waals surface area (Å²) in [6.45, 7) is 0.245. The first-order valence-electron chi connectivity index (χ1n) is 5.34. The Morgan fingerprint density at radius 1 is 1.24 bits per heavy atom. The number of carboxylic acid groups (broad SMARTS) is 1. The van der Waals surface area contributed by atoms with Crippen LogP contribution in [-0.4, -0.2) is 28.6 Å². The third-order valence-electron chi connectivity index (χ3n) is 2.23. The van der Waals surface area contributed by atoms with Crippen molar-refractivity contribution in [3.8, 4) is 0 Å². The lowest BCUT2D eigenvalue weighted by molar-refractivity contribution is -0.137. The third-order valence-corrected chi connectivity index (χ3v) is 2.23. The van der Waals surface area contributed by atoms with Gasteiger partial charge >= 0.3 is 5.97 Å². The zero-order valence-corrected chi connectivity index (χ0v) is 9.30. The summed E-state index contributed by atoms with van der Waals surface area (Å²) in [5.41, 5.74) is 0.517. The van der Waals surface area contributed by atoms with Crippen LogP contribution < -0.4 is 5.32 Å². The van der Waals surface area contributed by atoms with Crippen LogP contribution in [0.25, 0.3) is 0 Å². The van der Waals surface area contributed by atoms with Crippen molar-refractivity contribution >= 4 is 11.9 Å². The zero-order chi connectivity index (χ0) is 12.7. The van der Waals surface area contributed by atoms with Gasteiger partial charge in [0.15, 0.2) is 6.10 Å². The summed E-state index contributed by atoms with van der Waals surface area (Å²) in [6, 6.07) is 8.57. The molecule has 0 saturated carbocycles. The van der Waals surface area contributed by atoms with Crippen LogP contribution in [0.15, 0.2) is 30.3 Å². The summed E-state index contributed by atoms with van der Waals surface area (Å²) in [5.74, 6) is -1.41. The molecule has 0 spiro atoms. The van der Waals surface area contributed by atoms with Gasteiger partial charge in [-0.05, 0) is 12.0 Å². The quantitative estimate of drug-likeness (QED) is 0.636. The van der Waals surface area contributed by atoms with Crippen molar-refractivity contribution in [1.29, 1.82) is 0 Å². The van der Waals surface area contributed by atoms with Crippen molar-refractivity contribution in [2.75, 3.05) is 6.54 Å². The first kappa shape index (κ1) is 13.2. The Balaban J connectivity index is 2.35. The zero-order valence-electron chi connectivity index (χ0n) is 9.30. The number of hydrogen-bond acceptors (Lipinski definition) is 3. The van der Waals surface area contributed by atoms with Gasteiger partial charge in [0.25, 0.3) is 5.91 Å². The van der Waals surface area contributed by atoms with Crippen molar-refractivity contribution < 1.29 is 19.8 Å². The van der Waals surface area contributed by atoms with E-state index in [9.17, 15) is 14.7 Å². The lowest BCUT2D eigenvalue weighted by atomic mass is 10.1. The van der Waals surface area contributed by atoms with E-state index in [0.717, 1.165) is 0 Å². The third kappa shape index (κ3) is 4.65. The minimum Gasteiger partial charge on any atom is -0.481 e. The maximum Gasteiger partial charge on any atom is 0.303 e. The molecule has 17 heavy (non-hydrogen) atoms. The van der Waals surface area contributed by atoms with Crippen LogP contribution in [0, 0.1) is 0 Å². The molecule has 1 atom stereocenters. The molecule has 0 aliphatic rings. The van der Waals surface area contributed by atoms with E-state index in [4.69, 9.17) is 5.11 Å². The molecule has 0 unspecified atom stereocenters. The number of aliphatic carboxylic acids is 1. The van der Waals surface area contributed by atoms with Crippen LogP contribution in [-0.2, 0) is 9.59 Å². The molecule has 5 nitrogen and oxygen atoms in total. The average Bonchev–Trinajstić information content (AvgIpc) is 2.34. The van der Waals surface area contributed by atoms with Gasteiger partial charge in [-0.15, -0.1) is 0 Å². The molecule has 1 amide bonds. The number of hydrogen-bond donors (Lipinski definition) is 3. The van der Waals surface area contributed by atoms with Crippen LogP contribution >= 0.6 is 0 Å².